The second-order valence-electron chi connectivity index (χ2n) is 5.38. The van der Waals surface area contributed by atoms with Gasteiger partial charge in [0.15, 0.2) is 0 Å². The van der Waals surface area contributed by atoms with E-state index in [-0.39, 0.29) is 0 Å². The number of rotatable bonds is 7. The van der Waals surface area contributed by atoms with E-state index in [1.165, 1.54) is 22.3 Å². The predicted molar refractivity (Wildman–Crippen MR) is 78.3 cm³/mol. The van der Waals surface area contributed by atoms with Crippen molar-refractivity contribution in [2.45, 2.75) is 34.1 Å². The van der Waals surface area contributed by atoms with Gasteiger partial charge in [0.1, 0.15) is 0 Å². The smallest absolute Gasteiger partial charge is 0.0587 e. The molecule has 1 rings (SSSR count). The van der Waals surface area contributed by atoms with Crippen LogP contribution in [0.25, 0.3) is 0 Å². The summed E-state index contributed by atoms with van der Waals surface area (Å²) in [7, 11) is 1.74. The molecule has 18 heavy (non-hydrogen) atoms. The van der Waals surface area contributed by atoms with Crippen molar-refractivity contribution in [3.63, 3.8) is 0 Å². The quantitative estimate of drug-likeness (QED) is 0.750. The largest absolute Gasteiger partial charge is 0.383 e. The number of nitrogens with one attached hydrogen (secondary N) is 1. The second kappa shape index (κ2) is 7.55. The molecule has 2 heteroatoms. The number of aryl methyl sites for hydroxylation is 3. The fourth-order valence-electron chi connectivity index (χ4n) is 2.48. The summed E-state index contributed by atoms with van der Waals surface area (Å²) in [5.41, 5.74) is 5.73. The molecule has 0 amide bonds. The highest BCUT2D eigenvalue weighted by atomic mass is 16.5. The van der Waals surface area contributed by atoms with E-state index in [4.69, 9.17) is 4.74 Å². The number of hydrogen-bond donors (Lipinski definition) is 1. The molecule has 102 valence electrons. The van der Waals surface area contributed by atoms with Crippen molar-refractivity contribution in [1.29, 1.82) is 0 Å². The lowest BCUT2D eigenvalue weighted by atomic mass is 9.92. The minimum absolute atomic E-state index is 0.655. The van der Waals surface area contributed by atoms with Crippen molar-refractivity contribution in [3.8, 4) is 0 Å². The highest BCUT2D eigenvalue weighted by Crippen LogP contribution is 2.19. The van der Waals surface area contributed by atoms with Crippen molar-refractivity contribution >= 4 is 0 Å². The Labute approximate surface area is 112 Å². The van der Waals surface area contributed by atoms with Crippen molar-refractivity contribution in [1.82, 2.24) is 5.32 Å². The van der Waals surface area contributed by atoms with Gasteiger partial charge in [-0.1, -0.05) is 24.6 Å². The van der Waals surface area contributed by atoms with E-state index in [0.29, 0.717) is 5.92 Å². The first kappa shape index (κ1) is 15.2. The average molecular weight is 249 g/mol. The average Bonchev–Trinajstić information content (AvgIpc) is 2.29. The lowest BCUT2D eigenvalue weighted by Crippen LogP contribution is -2.26. The van der Waals surface area contributed by atoms with E-state index >= 15 is 0 Å². The Balaban J connectivity index is 2.51. The van der Waals surface area contributed by atoms with Crippen LogP contribution < -0.4 is 5.32 Å². The first-order valence-electron chi connectivity index (χ1n) is 6.81. The summed E-state index contributed by atoms with van der Waals surface area (Å²) in [5, 5.41) is 3.43. The zero-order chi connectivity index (χ0) is 13.5. The van der Waals surface area contributed by atoms with Gasteiger partial charge in [0, 0.05) is 13.7 Å². The third-order valence-electron chi connectivity index (χ3n) is 3.37. The van der Waals surface area contributed by atoms with E-state index in [9.17, 15) is 0 Å². The van der Waals surface area contributed by atoms with E-state index in [1.54, 1.807) is 7.11 Å². The van der Waals surface area contributed by atoms with E-state index in [0.717, 1.165) is 26.1 Å². The van der Waals surface area contributed by atoms with E-state index in [2.05, 4.69) is 45.1 Å². The fraction of sp³-hybridized carbons (Fsp3) is 0.625. The topological polar surface area (TPSA) is 21.3 Å². The summed E-state index contributed by atoms with van der Waals surface area (Å²) in [6.45, 7) is 11.7. The summed E-state index contributed by atoms with van der Waals surface area (Å²) in [5.74, 6) is 0.655. The van der Waals surface area contributed by atoms with E-state index < -0.39 is 0 Å². The SMILES string of the molecule is COCCNCC(C)Cc1c(C)cc(C)cc1C. The molecule has 0 aliphatic carbocycles. The Morgan fingerprint density at radius 3 is 2.33 bits per heavy atom. The van der Waals surface area contributed by atoms with Gasteiger partial charge in [0.25, 0.3) is 0 Å². The number of benzene rings is 1. The first-order chi connectivity index (χ1) is 8.54. The number of hydrogen-bond acceptors (Lipinski definition) is 2. The Hall–Kier alpha value is -0.860. The zero-order valence-electron chi connectivity index (χ0n) is 12.5. The lowest BCUT2D eigenvalue weighted by molar-refractivity contribution is 0.198. The molecule has 0 saturated carbocycles. The molecule has 0 spiro atoms. The summed E-state index contributed by atoms with van der Waals surface area (Å²) in [6, 6.07) is 4.57. The van der Waals surface area contributed by atoms with Crippen LogP contribution in [0.2, 0.25) is 0 Å². The molecule has 1 unspecified atom stereocenters. The Morgan fingerprint density at radius 2 is 1.78 bits per heavy atom. The van der Waals surface area contributed by atoms with Gasteiger partial charge >= 0.3 is 0 Å². The monoisotopic (exact) mass is 249 g/mol. The molecule has 1 atom stereocenters. The molecule has 0 fully saturated rings. The molecule has 0 radical (unpaired) electrons. The molecule has 1 N–H and O–H groups in total. The van der Waals surface area contributed by atoms with Crippen LogP contribution in [0.1, 0.15) is 29.2 Å². The maximum atomic E-state index is 5.03. The van der Waals surface area contributed by atoms with Crippen LogP contribution in [-0.4, -0.2) is 26.8 Å². The number of methoxy groups -OCH3 is 1. The maximum absolute atomic E-state index is 5.03. The third kappa shape index (κ3) is 4.79. The van der Waals surface area contributed by atoms with Crippen LogP contribution >= 0.6 is 0 Å². The van der Waals surface area contributed by atoms with Gasteiger partial charge < -0.3 is 10.1 Å². The molecule has 0 aromatic heterocycles. The normalized spacial score (nSPS) is 12.7. The van der Waals surface area contributed by atoms with Crippen LogP contribution in [0.3, 0.4) is 0 Å². The van der Waals surface area contributed by atoms with Gasteiger partial charge in [-0.25, -0.2) is 0 Å². The highest BCUT2D eigenvalue weighted by molar-refractivity contribution is 5.37. The molecule has 0 heterocycles. The van der Waals surface area contributed by atoms with Gasteiger partial charge in [-0.05, 0) is 56.3 Å². The first-order valence-corrected chi connectivity index (χ1v) is 6.81. The predicted octanol–water partition coefficient (Wildman–Crippen LogP) is 3.03. The van der Waals surface area contributed by atoms with Gasteiger partial charge in [-0.2, -0.15) is 0 Å². The molecule has 0 aliphatic rings. The second-order valence-corrected chi connectivity index (χ2v) is 5.38. The molecule has 0 saturated heterocycles. The molecule has 1 aromatic carbocycles. The van der Waals surface area contributed by atoms with Crippen LogP contribution in [0, 0.1) is 26.7 Å². The van der Waals surface area contributed by atoms with Crippen molar-refractivity contribution in [3.05, 3.63) is 34.4 Å². The zero-order valence-corrected chi connectivity index (χ0v) is 12.5. The fourth-order valence-corrected chi connectivity index (χ4v) is 2.48. The third-order valence-corrected chi connectivity index (χ3v) is 3.37. The van der Waals surface area contributed by atoms with Crippen molar-refractivity contribution < 1.29 is 4.74 Å². The molecule has 0 aliphatic heterocycles. The molecule has 1 aromatic rings. The Bertz CT molecular complexity index is 350. The van der Waals surface area contributed by atoms with E-state index in [1.807, 2.05) is 0 Å². The standard InChI is InChI=1S/C16H27NO/c1-12-8-14(3)16(15(4)9-12)10-13(2)11-17-6-7-18-5/h8-9,13,17H,6-7,10-11H2,1-5H3. The summed E-state index contributed by atoms with van der Waals surface area (Å²) in [4.78, 5) is 0. The Morgan fingerprint density at radius 1 is 1.17 bits per heavy atom. The lowest BCUT2D eigenvalue weighted by Gasteiger charge is -2.17. The number of ether oxygens (including phenoxy) is 1. The van der Waals surface area contributed by atoms with Gasteiger partial charge in [-0.15, -0.1) is 0 Å². The van der Waals surface area contributed by atoms with Crippen LogP contribution in [-0.2, 0) is 11.2 Å². The van der Waals surface area contributed by atoms with Crippen molar-refractivity contribution in [2.75, 3.05) is 26.8 Å². The van der Waals surface area contributed by atoms with Gasteiger partial charge in [0.05, 0.1) is 6.61 Å². The minimum atomic E-state index is 0.655. The molecular formula is C16H27NO. The summed E-state index contributed by atoms with van der Waals surface area (Å²) in [6.07, 6.45) is 1.15. The van der Waals surface area contributed by atoms with Crippen LogP contribution in [0.5, 0.6) is 0 Å². The Kier molecular flexibility index (Phi) is 6.37. The van der Waals surface area contributed by atoms with Gasteiger partial charge in [0.2, 0.25) is 0 Å². The molecule has 0 bridgehead atoms. The maximum Gasteiger partial charge on any atom is 0.0587 e. The van der Waals surface area contributed by atoms with Crippen LogP contribution in [0.15, 0.2) is 12.1 Å². The van der Waals surface area contributed by atoms with Gasteiger partial charge in [-0.3, -0.25) is 0 Å². The molecular weight excluding hydrogens is 222 g/mol. The summed E-state index contributed by atoms with van der Waals surface area (Å²) < 4.78 is 5.03. The van der Waals surface area contributed by atoms with Crippen LogP contribution in [0.4, 0.5) is 0 Å². The summed E-state index contributed by atoms with van der Waals surface area (Å²) >= 11 is 0. The van der Waals surface area contributed by atoms with Crippen molar-refractivity contribution in [2.24, 2.45) is 5.92 Å². The minimum Gasteiger partial charge on any atom is -0.383 e. The molecule has 2 nitrogen and oxygen atoms in total. The highest BCUT2D eigenvalue weighted by Gasteiger charge is 2.08.